The van der Waals surface area contributed by atoms with E-state index in [1.807, 2.05) is 19.1 Å². The first-order valence-corrected chi connectivity index (χ1v) is 12.7. The van der Waals surface area contributed by atoms with Gasteiger partial charge in [0.05, 0.1) is 4.90 Å². The van der Waals surface area contributed by atoms with Crippen LogP contribution >= 0.6 is 0 Å². The summed E-state index contributed by atoms with van der Waals surface area (Å²) in [5.41, 5.74) is 2.46. The second kappa shape index (κ2) is 11.8. The molecule has 0 aliphatic carbocycles. The Balaban J connectivity index is 1.49. The zero-order valence-corrected chi connectivity index (χ0v) is 19.6. The van der Waals surface area contributed by atoms with Gasteiger partial charge in [0.1, 0.15) is 0 Å². The Morgan fingerprint density at radius 1 is 0.970 bits per heavy atom. The molecule has 33 heavy (non-hydrogen) atoms. The fourth-order valence-corrected chi connectivity index (χ4v) is 5.07. The Kier molecular flexibility index (Phi) is 8.79. The van der Waals surface area contributed by atoms with E-state index >= 15 is 0 Å². The molecule has 0 saturated carbocycles. The molecule has 7 nitrogen and oxygen atoms in total. The van der Waals surface area contributed by atoms with Crippen LogP contribution in [0.1, 0.15) is 43.7 Å². The molecule has 0 radical (unpaired) electrons. The number of nitrogens with zero attached hydrogens (tertiary/aromatic N) is 1. The highest BCUT2D eigenvalue weighted by Crippen LogP contribution is 2.21. The van der Waals surface area contributed by atoms with Crippen molar-refractivity contribution < 1.29 is 22.7 Å². The summed E-state index contributed by atoms with van der Waals surface area (Å²) in [6.45, 7) is 2.75. The van der Waals surface area contributed by atoms with Gasteiger partial charge in [0.2, 0.25) is 10.0 Å². The van der Waals surface area contributed by atoms with Gasteiger partial charge in [-0.25, -0.2) is 13.2 Å². The fraction of sp³-hybridized carbons (Fsp3) is 0.360. The third-order valence-electron chi connectivity index (χ3n) is 5.49. The van der Waals surface area contributed by atoms with Crippen molar-refractivity contribution in [1.29, 1.82) is 0 Å². The lowest BCUT2D eigenvalue weighted by Crippen LogP contribution is -2.31. The summed E-state index contributed by atoms with van der Waals surface area (Å²) >= 11 is 0. The number of esters is 1. The standard InChI is InChI=1S/C25H30N2O5S/c1-2-20-7-12-22(13-8-20)26-24(28)19-32-25(29)16-11-21-9-14-23(15-10-21)33(30,31)27-17-5-3-4-6-18-27/h7-16H,2-6,17-19H2,1H3,(H,26,28)/b16-11+. The van der Waals surface area contributed by atoms with Gasteiger partial charge in [-0.15, -0.1) is 0 Å². The number of nitrogens with one attached hydrogen (secondary N) is 1. The SMILES string of the molecule is CCc1ccc(NC(=O)COC(=O)/C=C/c2ccc(S(=O)(=O)N3CCCCCC3)cc2)cc1. The first-order valence-electron chi connectivity index (χ1n) is 11.2. The topological polar surface area (TPSA) is 92.8 Å². The molecule has 0 bridgehead atoms. The molecule has 0 spiro atoms. The van der Waals surface area contributed by atoms with E-state index in [1.165, 1.54) is 12.2 Å². The van der Waals surface area contributed by atoms with Crippen molar-refractivity contribution in [2.45, 2.75) is 43.9 Å². The van der Waals surface area contributed by atoms with Crippen molar-refractivity contribution in [2.24, 2.45) is 0 Å². The van der Waals surface area contributed by atoms with E-state index in [4.69, 9.17) is 4.74 Å². The predicted octanol–water partition coefficient (Wildman–Crippen LogP) is 4.01. The highest BCUT2D eigenvalue weighted by atomic mass is 32.2. The lowest BCUT2D eigenvalue weighted by atomic mass is 10.1. The Morgan fingerprint density at radius 2 is 1.61 bits per heavy atom. The van der Waals surface area contributed by atoms with E-state index in [2.05, 4.69) is 5.32 Å². The van der Waals surface area contributed by atoms with Gasteiger partial charge in [0, 0.05) is 24.9 Å². The van der Waals surface area contributed by atoms with Crippen LogP contribution in [0.5, 0.6) is 0 Å². The van der Waals surface area contributed by atoms with Gasteiger partial charge >= 0.3 is 5.97 Å². The van der Waals surface area contributed by atoms with Crippen molar-refractivity contribution in [3.8, 4) is 0 Å². The average Bonchev–Trinajstić information content (AvgIpc) is 3.12. The number of ether oxygens (including phenoxy) is 1. The van der Waals surface area contributed by atoms with Crippen LogP contribution < -0.4 is 5.32 Å². The van der Waals surface area contributed by atoms with E-state index in [9.17, 15) is 18.0 Å². The third-order valence-corrected chi connectivity index (χ3v) is 7.40. The van der Waals surface area contributed by atoms with Gasteiger partial charge in [0.15, 0.2) is 6.61 Å². The Bertz CT molecular complexity index is 1070. The van der Waals surface area contributed by atoms with Crippen LogP contribution in [0, 0.1) is 0 Å². The van der Waals surface area contributed by atoms with Crippen LogP contribution in [-0.4, -0.2) is 44.3 Å². The van der Waals surface area contributed by atoms with Gasteiger partial charge in [-0.3, -0.25) is 4.79 Å². The lowest BCUT2D eigenvalue weighted by molar-refractivity contribution is -0.142. The van der Waals surface area contributed by atoms with Crippen molar-refractivity contribution in [3.63, 3.8) is 0 Å². The zero-order chi connectivity index (χ0) is 23.7. The molecular weight excluding hydrogens is 440 g/mol. The quantitative estimate of drug-likeness (QED) is 0.465. The molecule has 2 aromatic rings. The number of benzene rings is 2. The first-order chi connectivity index (χ1) is 15.9. The summed E-state index contributed by atoms with van der Waals surface area (Å²) in [7, 11) is -3.51. The molecule has 8 heteroatoms. The molecule has 1 heterocycles. The summed E-state index contributed by atoms with van der Waals surface area (Å²) in [4.78, 5) is 24.1. The van der Waals surface area contributed by atoms with Crippen LogP contribution in [0.3, 0.4) is 0 Å². The Labute approximate surface area is 195 Å². The number of amides is 1. The minimum absolute atomic E-state index is 0.243. The van der Waals surface area contributed by atoms with E-state index < -0.39 is 28.5 Å². The second-order valence-corrected chi connectivity index (χ2v) is 9.86. The normalized spacial score (nSPS) is 15.2. The number of rotatable bonds is 8. The molecule has 176 valence electrons. The van der Waals surface area contributed by atoms with Crippen LogP contribution in [0.15, 0.2) is 59.5 Å². The summed E-state index contributed by atoms with van der Waals surface area (Å²) in [5, 5.41) is 2.67. The van der Waals surface area contributed by atoms with Crippen LogP contribution in [-0.2, 0) is 30.8 Å². The smallest absolute Gasteiger partial charge is 0.331 e. The van der Waals surface area contributed by atoms with Crippen LogP contribution in [0.25, 0.3) is 6.08 Å². The third kappa shape index (κ3) is 7.27. The van der Waals surface area contributed by atoms with Gasteiger partial charge in [-0.1, -0.05) is 44.0 Å². The van der Waals surface area contributed by atoms with Crippen molar-refractivity contribution in [2.75, 3.05) is 25.0 Å². The first kappa shape index (κ1) is 24.7. The maximum Gasteiger partial charge on any atom is 0.331 e. The van der Waals surface area contributed by atoms with E-state index in [0.717, 1.165) is 37.7 Å². The average molecular weight is 471 g/mol. The minimum atomic E-state index is -3.51. The summed E-state index contributed by atoms with van der Waals surface area (Å²) < 4.78 is 32.2. The van der Waals surface area contributed by atoms with Crippen molar-refractivity contribution in [1.82, 2.24) is 4.31 Å². The van der Waals surface area contributed by atoms with E-state index in [1.54, 1.807) is 40.7 Å². The Morgan fingerprint density at radius 3 is 2.21 bits per heavy atom. The minimum Gasteiger partial charge on any atom is -0.452 e. The number of aryl methyl sites for hydroxylation is 1. The number of carbonyl (C=O) groups is 2. The number of anilines is 1. The summed E-state index contributed by atoms with van der Waals surface area (Å²) in [6.07, 6.45) is 7.51. The molecule has 1 aliphatic heterocycles. The molecule has 0 atom stereocenters. The highest BCUT2D eigenvalue weighted by molar-refractivity contribution is 7.89. The van der Waals surface area contributed by atoms with Crippen LogP contribution in [0.2, 0.25) is 0 Å². The molecule has 1 N–H and O–H groups in total. The second-order valence-electron chi connectivity index (χ2n) is 7.93. The summed E-state index contributed by atoms with van der Waals surface area (Å²) in [5.74, 6) is -1.09. The largest absolute Gasteiger partial charge is 0.452 e. The van der Waals surface area contributed by atoms with Gasteiger partial charge in [-0.2, -0.15) is 4.31 Å². The van der Waals surface area contributed by atoms with Gasteiger partial charge in [-0.05, 0) is 60.7 Å². The number of sulfonamides is 1. The molecule has 3 rings (SSSR count). The molecule has 1 aliphatic rings. The maximum atomic E-state index is 12.8. The molecule has 1 amide bonds. The fourth-order valence-electron chi connectivity index (χ4n) is 3.55. The van der Waals surface area contributed by atoms with E-state index in [0.29, 0.717) is 24.3 Å². The molecule has 0 unspecified atom stereocenters. The highest BCUT2D eigenvalue weighted by Gasteiger charge is 2.24. The molecule has 0 aromatic heterocycles. The van der Waals surface area contributed by atoms with Crippen molar-refractivity contribution in [3.05, 3.63) is 65.7 Å². The number of hydrogen-bond acceptors (Lipinski definition) is 5. The van der Waals surface area contributed by atoms with E-state index in [-0.39, 0.29) is 4.90 Å². The van der Waals surface area contributed by atoms with Crippen LogP contribution in [0.4, 0.5) is 5.69 Å². The summed E-state index contributed by atoms with van der Waals surface area (Å²) in [6, 6.07) is 13.8. The number of hydrogen-bond donors (Lipinski definition) is 1. The lowest BCUT2D eigenvalue weighted by Gasteiger charge is -2.19. The predicted molar refractivity (Wildman–Crippen MR) is 128 cm³/mol. The monoisotopic (exact) mass is 470 g/mol. The maximum absolute atomic E-state index is 12.8. The molecular formula is C25H30N2O5S. The molecule has 1 fully saturated rings. The number of carbonyl (C=O) groups excluding carboxylic acids is 2. The Hall–Kier alpha value is -2.97. The van der Waals surface area contributed by atoms with Gasteiger partial charge < -0.3 is 10.1 Å². The van der Waals surface area contributed by atoms with Crippen molar-refractivity contribution >= 4 is 33.7 Å². The van der Waals surface area contributed by atoms with Gasteiger partial charge in [0.25, 0.3) is 5.91 Å². The molecule has 1 saturated heterocycles. The zero-order valence-electron chi connectivity index (χ0n) is 18.8. The molecule has 2 aromatic carbocycles.